The standard InChI is InChI=1S/C22H26N6O2/c1-3-16-11-19-20(26-21(16)29)10-15(12-24-19)14-27-6-8-28(9-7-27)17-4-5-18(25-13-17)22(30)23-2/h4-5,10-13H,3,6-9,14H2,1-2H3,(H,23,30)(H,26,29)/i14D2. The Morgan fingerprint density at radius 2 is 2.00 bits per heavy atom. The van der Waals surface area contributed by atoms with Crippen molar-refractivity contribution in [2.75, 3.05) is 38.1 Å². The fourth-order valence-corrected chi connectivity index (χ4v) is 3.54. The molecule has 4 rings (SSSR count). The van der Waals surface area contributed by atoms with Crippen LogP contribution in [0.5, 0.6) is 0 Å². The smallest absolute Gasteiger partial charge is 0.269 e. The molecule has 0 aromatic carbocycles. The molecule has 156 valence electrons. The van der Waals surface area contributed by atoms with Crippen LogP contribution in [0.15, 0.2) is 41.5 Å². The van der Waals surface area contributed by atoms with E-state index in [1.807, 2.05) is 13.0 Å². The monoisotopic (exact) mass is 408 g/mol. The Labute approximate surface area is 177 Å². The number of piperazine rings is 1. The Hall–Kier alpha value is -3.26. The van der Waals surface area contributed by atoms with E-state index in [-0.39, 0.29) is 11.5 Å². The molecule has 8 heteroatoms. The van der Waals surface area contributed by atoms with Crippen LogP contribution in [-0.2, 0) is 12.9 Å². The van der Waals surface area contributed by atoms with Crippen LogP contribution in [-0.4, -0.2) is 59.0 Å². The molecule has 0 aliphatic carbocycles. The predicted octanol–water partition coefficient (Wildman–Crippen LogP) is 1.56. The summed E-state index contributed by atoms with van der Waals surface area (Å²) in [7, 11) is 1.57. The van der Waals surface area contributed by atoms with Gasteiger partial charge in [-0.2, -0.15) is 0 Å². The van der Waals surface area contributed by atoms with Crippen LogP contribution in [0.3, 0.4) is 0 Å². The van der Waals surface area contributed by atoms with Gasteiger partial charge in [0.1, 0.15) is 5.69 Å². The van der Waals surface area contributed by atoms with Crippen LogP contribution in [0.4, 0.5) is 5.69 Å². The van der Waals surface area contributed by atoms with E-state index in [4.69, 9.17) is 2.74 Å². The molecular weight excluding hydrogens is 380 g/mol. The molecule has 0 bridgehead atoms. The lowest BCUT2D eigenvalue weighted by atomic mass is 10.1. The lowest BCUT2D eigenvalue weighted by Gasteiger charge is -2.36. The Morgan fingerprint density at radius 1 is 1.20 bits per heavy atom. The third kappa shape index (κ3) is 4.18. The third-order valence-corrected chi connectivity index (χ3v) is 5.29. The number of anilines is 1. The molecule has 3 aromatic heterocycles. The summed E-state index contributed by atoms with van der Waals surface area (Å²) in [5, 5.41) is 2.55. The first-order chi connectivity index (χ1) is 15.3. The molecule has 1 amide bonds. The van der Waals surface area contributed by atoms with Crippen LogP contribution in [0, 0.1) is 0 Å². The number of rotatable bonds is 5. The second-order valence-electron chi connectivity index (χ2n) is 7.20. The zero-order valence-electron chi connectivity index (χ0n) is 19.1. The van der Waals surface area contributed by atoms with Gasteiger partial charge >= 0.3 is 0 Å². The topological polar surface area (TPSA) is 94.2 Å². The number of aromatic nitrogens is 3. The number of H-pyrrole nitrogens is 1. The Kier molecular flexibility index (Phi) is 5.06. The van der Waals surface area contributed by atoms with Crippen LogP contribution in [0.1, 0.15) is 31.3 Å². The number of carbonyl (C=O) groups is 1. The van der Waals surface area contributed by atoms with Crippen LogP contribution in [0.2, 0.25) is 0 Å². The van der Waals surface area contributed by atoms with Gasteiger partial charge in [0.15, 0.2) is 0 Å². The summed E-state index contributed by atoms with van der Waals surface area (Å²) in [6, 6.07) is 6.98. The maximum Gasteiger partial charge on any atom is 0.269 e. The van der Waals surface area contributed by atoms with Gasteiger partial charge < -0.3 is 15.2 Å². The molecule has 3 aromatic rings. The molecule has 8 nitrogen and oxygen atoms in total. The van der Waals surface area contributed by atoms with Crippen molar-refractivity contribution in [2.24, 2.45) is 0 Å². The number of nitrogens with one attached hydrogen (secondary N) is 2. The minimum absolute atomic E-state index is 0.163. The van der Waals surface area contributed by atoms with Gasteiger partial charge in [-0.05, 0) is 36.2 Å². The van der Waals surface area contributed by atoms with Crippen LogP contribution < -0.4 is 15.8 Å². The first-order valence-electron chi connectivity index (χ1n) is 11.0. The predicted molar refractivity (Wildman–Crippen MR) is 117 cm³/mol. The number of pyridine rings is 3. The van der Waals surface area contributed by atoms with Crippen LogP contribution in [0.25, 0.3) is 11.0 Å². The SMILES string of the molecule is [2H]C([2H])(c1cnc2cc(CC)c(=O)[nH]c2c1)N1CCN(c2ccc(C(=O)NC)nc2)CC1. The van der Waals surface area contributed by atoms with E-state index in [0.717, 1.165) is 5.69 Å². The summed E-state index contributed by atoms with van der Waals surface area (Å²) >= 11 is 0. The van der Waals surface area contributed by atoms with Crippen molar-refractivity contribution in [1.82, 2.24) is 25.2 Å². The minimum Gasteiger partial charge on any atom is -0.368 e. The third-order valence-electron chi connectivity index (χ3n) is 5.29. The summed E-state index contributed by atoms with van der Waals surface area (Å²) in [6.45, 7) is 2.45. The largest absolute Gasteiger partial charge is 0.368 e. The summed E-state index contributed by atoms with van der Waals surface area (Å²) in [6.07, 6.45) is 3.83. The van der Waals surface area contributed by atoms with Crippen molar-refractivity contribution in [1.29, 1.82) is 0 Å². The van der Waals surface area contributed by atoms with Crippen molar-refractivity contribution in [3.8, 4) is 0 Å². The zero-order chi connectivity index (χ0) is 22.9. The van der Waals surface area contributed by atoms with E-state index in [0.29, 0.717) is 60.5 Å². The minimum atomic E-state index is -1.73. The van der Waals surface area contributed by atoms with Gasteiger partial charge in [-0.3, -0.25) is 19.5 Å². The van der Waals surface area contributed by atoms with E-state index in [1.54, 1.807) is 42.5 Å². The van der Waals surface area contributed by atoms with Gasteiger partial charge in [0.2, 0.25) is 0 Å². The Morgan fingerprint density at radius 3 is 2.67 bits per heavy atom. The van der Waals surface area contributed by atoms with E-state index >= 15 is 0 Å². The fraction of sp³-hybridized carbons (Fsp3) is 0.364. The highest BCUT2D eigenvalue weighted by molar-refractivity contribution is 5.92. The molecule has 1 saturated heterocycles. The molecule has 2 N–H and O–H groups in total. The quantitative estimate of drug-likeness (QED) is 0.666. The van der Waals surface area contributed by atoms with Gasteiger partial charge in [-0.25, -0.2) is 4.98 Å². The molecule has 1 fully saturated rings. The number of carbonyl (C=O) groups excluding carboxylic acids is 1. The fourth-order valence-electron chi connectivity index (χ4n) is 3.54. The highest BCUT2D eigenvalue weighted by Gasteiger charge is 2.18. The van der Waals surface area contributed by atoms with Gasteiger partial charge in [0.05, 0.1) is 22.9 Å². The highest BCUT2D eigenvalue weighted by atomic mass is 16.1. The maximum absolute atomic E-state index is 12.2. The molecule has 4 heterocycles. The van der Waals surface area contributed by atoms with Gasteiger partial charge in [0, 0.05) is 54.2 Å². The lowest BCUT2D eigenvalue weighted by Crippen LogP contribution is -2.46. The molecule has 30 heavy (non-hydrogen) atoms. The van der Waals surface area contributed by atoms with E-state index < -0.39 is 6.50 Å². The molecule has 0 spiro atoms. The van der Waals surface area contributed by atoms with Gasteiger partial charge in [0.25, 0.3) is 11.5 Å². The summed E-state index contributed by atoms with van der Waals surface area (Å²) < 4.78 is 17.4. The Balaban J connectivity index is 1.48. The lowest BCUT2D eigenvalue weighted by molar-refractivity contribution is 0.0958. The average molecular weight is 409 g/mol. The number of hydrogen-bond donors (Lipinski definition) is 2. The number of hydrogen-bond acceptors (Lipinski definition) is 6. The van der Waals surface area contributed by atoms with Gasteiger partial charge in [-0.15, -0.1) is 0 Å². The number of amides is 1. The second-order valence-corrected chi connectivity index (χ2v) is 7.20. The van der Waals surface area contributed by atoms with E-state index in [1.165, 1.54) is 0 Å². The number of fused-ring (bicyclic) bond motifs is 1. The maximum atomic E-state index is 12.2. The highest BCUT2D eigenvalue weighted by Crippen LogP contribution is 2.18. The first kappa shape index (κ1) is 17.6. The second kappa shape index (κ2) is 8.62. The van der Waals surface area contributed by atoms with Crippen molar-refractivity contribution < 1.29 is 7.54 Å². The molecule has 0 atom stereocenters. The Bertz CT molecular complexity index is 1190. The molecule has 0 saturated carbocycles. The summed E-state index contributed by atoms with van der Waals surface area (Å²) in [5.41, 5.74) is 3.36. The van der Waals surface area contributed by atoms with Crippen LogP contribution >= 0.6 is 0 Å². The molecule has 1 aliphatic rings. The molecular formula is C22H26N6O2. The number of aromatic amines is 1. The van der Waals surface area contributed by atoms with Crippen molar-refractivity contribution in [3.05, 3.63) is 63.8 Å². The number of aryl methyl sites for hydroxylation is 1. The summed E-state index contributed by atoms with van der Waals surface area (Å²) in [5.74, 6) is -0.231. The average Bonchev–Trinajstić information content (AvgIpc) is 2.82. The molecule has 0 radical (unpaired) electrons. The van der Waals surface area contributed by atoms with Gasteiger partial charge in [-0.1, -0.05) is 6.92 Å². The normalized spacial score (nSPS) is 16.3. The van der Waals surface area contributed by atoms with Crippen molar-refractivity contribution in [2.45, 2.75) is 19.8 Å². The first-order valence-corrected chi connectivity index (χ1v) is 10.0. The van der Waals surface area contributed by atoms with E-state index in [9.17, 15) is 9.59 Å². The molecule has 1 aliphatic heterocycles. The van der Waals surface area contributed by atoms with Crippen molar-refractivity contribution in [3.63, 3.8) is 0 Å². The van der Waals surface area contributed by atoms with E-state index in [2.05, 4.69) is 25.2 Å². The zero-order valence-corrected chi connectivity index (χ0v) is 17.1. The number of nitrogens with zero attached hydrogens (tertiary/aromatic N) is 4. The molecule has 0 unspecified atom stereocenters. The van der Waals surface area contributed by atoms with Crippen molar-refractivity contribution >= 4 is 22.6 Å². The summed E-state index contributed by atoms with van der Waals surface area (Å²) in [4.78, 5) is 39.1.